The van der Waals surface area contributed by atoms with Crippen LogP contribution in [0.4, 0.5) is 0 Å². The van der Waals surface area contributed by atoms with Crippen LogP contribution in [-0.2, 0) is 1.08 Å². The van der Waals surface area contributed by atoms with Crippen LogP contribution >= 0.6 is 78.1 Å². The molecule has 0 saturated carbocycles. The molecule has 0 N–H and O–H groups in total. The normalized spacial score (nSPS) is 10.9. The molecule has 0 rings (SSSR count). The zero-order valence-corrected chi connectivity index (χ0v) is 20.3. The molecule has 0 bridgehead atoms. The van der Waals surface area contributed by atoms with E-state index in [9.17, 15) is 0 Å². The Hall–Kier alpha value is 6.86. The molecule has 0 heterocycles. The molecule has 0 spiro atoms. The molecule has 0 aliphatic rings. The standard InChI is InChI=1S/4HI.2K.Pd/h4*1H;;;/q;;;;2*+1;+2/p-4. The Labute approximate surface area is 174 Å². The minimum absolute atomic E-state index is 0. The monoisotopic (exact) mass is 691 g/mol. The summed E-state index contributed by atoms with van der Waals surface area (Å²) >= 11 is 9.95. The number of hydrogen-bond donors (Lipinski definition) is 0. The summed E-state index contributed by atoms with van der Waals surface area (Å²) in [5.41, 5.74) is 0. The van der Waals surface area contributed by atoms with E-state index in [4.69, 9.17) is 0 Å². The van der Waals surface area contributed by atoms with Crippen LogP contribution < -0.4 is 103 Å². The SMILES string of the molecule is [I][Pd-2]([I])([I])[I].[K+].[K+]. The van der Waals surface area contributed by atoms with E-state index in [1.54, 1.807) is 0 Å². The molecule has 7 heteroatoms. The van der Waals surface area contributed by atoms with Gasteiger partial charge in [0.2, 0.25) is 0 Å². The van der Waals surface area contributed by atoms with Crippen LogP contribution in [0.25, 0.3) is 0 Å². The van der Waals surface area contributed by atoms with Crippen molar-refractivity contribution in [3.63, 3.8) is 0 Å². The van der Waals surface area contributed by atoms with Gasteiger partial charge >= 0.3 is 182 Å². The van der Waals surface area contributed by atoms with Crippen molar-refractivity contribution in [1.29, 1.82) is 0 Å². The smallest absolute Gasteiger partial charge is 1.00 e. The first kappa shape index (κ1) is 19.4. The fourth-order valence-corrected chi connectivity index (χ4v) is 0. The largest absolute Gasteiger partial charge is 1.00 e. The summed E-state index contributed by atoms with van der Waals surface area (Å²) in [6, 6.07) is 0. The average molecular weight is 692 g/mol. The number of halogens is 4. The fraction of sp³-hybridized carbons (Fsp3) is 0. The van der Waals surface area contributed by atoms with Crippen molar-refractivity contribution in [1.82, 2.24) is 0 Å². The van der Waals surface area contributed by atoms with Crippen LogP contribution in [-0.4, -0.2) is 0 Å². The van der Waals surface area contributed by atoms with Crippen molar-refractivity contribution in [2.45, 2.75) is 0 Å². The van der Waals surface area contributed by atoms with Crippen molar-refractivity contribution >= 4 is 78.1 Å². The van der Waals surface area contributed by atoms with Gasteiger partial charge in [-0.3, -0.25) is 0 Å². The maximum Gasteiger partial charge on any atom is 1.00 e. The van der Waals surface area contributed by atoms with Crippen molar-refractivity contribution < 1.29 is 104 Å². The third-order valence-corrected chi connectivity index (χ3v) is 0. The zero-order chi connectivity index (χ0) is 4.50. The van der Waals surface area contributed by atoms with Gasteiger partial charge in [0, 0.05) is 0 Å². The Kier molecular flexibility index (Phi) is 30.3. The predicted molar refractivity (Wildman–Crippen MR) is 56.1 cm³/mol. The van der Waals surface area contributed by atoms with E-state index in [0.717, 1.165) is 0 Å². The zero-order valence-electron chi connectivity index (χ0n) is 3.83. The molecule has 0 atom stereocenters. The maximum atomic E-state index is 2.49. The van der Waals surface area contributed by atoms with Crippen molar-refractivity contribution in [3.8, 4) is 0 Å². The third-order valence-electron chi connectivity index (χ3n) is 0. The third kappa shape index (κ3) is 32.2. The first-order valence-electron chi connectivity index (χ1n) is 0.478. The Morgan fingerprint density at radius 1 is 0.714 bits per heavy atom. The molecule has 0 aliphatic carbocycles. The summed E-state index contributed by atoms with van der Waals surface area (Å²) < 4.78 is -0.820. The molecule has 0 nitrogen and oxygen atoms in total. The van der Waals surface area contributed by atoms with Crippen LogP contribution in [0.5, 0.6) is 0 Å². The first-order valence-corrected chi connectivity index (χ1v) is 19.0. The van der Waals surface area contributed by atoms with Gasteiger partial charge in [-0.05, 0) is 0 Å². The molecular weight excluding hydrogens is 692 g/mol. The van der Waals surface area contributed by atoms with Gasteiger partial charge in [-0.15, -0.1) is 0 Å². The molecule has 0 radical (unpaired) electrons. The number of hydrogen-bond acceptors (Lipinski definition) is 0. The molecule has 0 aliphatic heterocycles. The van der Waals surface area contributed by atoms with E-state index in [0.29, 0.717) is 0 Å². The molecule has 0 saturated heterocycles. The first-order chi connectivity index (χ1) is 2.00. The Bertz CT molecular complexity index is 25.2. The van der Waals surface area contributed by atoms with Crippen LogP contribution in [0.15, 0.2) is 0 Å². The second kappa shape index (κ2) is 10.9. The summed E-state index contributed by atoms with van der Waals surface area (Å²) in [5.74, 6) is 0. The van der Waals surface area contributed by atoms with E-state index in [1.807, 2.05) is 0 Å². The minimum Gasteiger partial charge on any atom is 1.00 e. The van der Waals surface area contributed by atoms with Crippen LogP contribution in [0.2, 0.25) is 0 Å². The van der Waals surface area contributed by atoms with E-state index in [-0.39, 0.29) is 103 Å². The second-order valence-corrected chi connectivity index (χ2v) is 72.2. The van der Waals surface area contributed by atoms with Gasteiger partial charge in [0.05, 0.1) is 0 Å². The predicted octanol–water partition coefficient (Wildman–Crippen LogP) is -2.45. The quantitative estimate of drug-likeness (QED) is 0.196. The summed E-state index contributed by atoms with van der Waals surface area (Å²) in [7, 11) is 0. The van der Waals surface area contributed by atoms with Gasteiger partial charge in [-0.1, -0.05) is 0 Å². The molecule has 0 unspecified atom stereocenters. The van der Waals surface area contributed by atoms with Gasteiger partial charge in [-0.2, -0.15) is 0 Å². The topological polar surface area (TPSA) is 0 Å². The molecule has 0 aromatic carbocycles. The van der Waals surface area contributed by atoms with Gasteiger partial charge in [0.1, 0.15) is 0 Å². The van der Waals surface area contributed by atoms with E-state index < -0.39 is 1.08 Å². The summed E-state index contributed by atoms with van der Waals surface area (Å²) in [6.07, 6.45) is 0. The minimum atomic E-state index is -0.820. The van der Waals surface area contributed by atoms with Gasteiger partial charge < -0.3 is 0 Å². The molecule has 0 aromatic rings. The molecule has 0 fully saturated rings. The Morgan fingerprint density at radius 2 is 0.714 bits per heavy atom. The van der Waals surface area contributed by atoms with E-state index in [1.165, 1.54) is 0 Å². The van der Waals surface area contributed by atoms with Crippen LogP contribution in [0.1, 0.15) is 0 Å². The van der Waals surface area contributed by atoms with E-state index >= 15 is 0 Å². The summed E-state index contributed by atoms with van der Waals surface area (Å²) in [4.78, 5) is 0. The van der Waals surface area contributed by atoms with Crippen molar-refractivity contribution in [2.75, 3.05) is 0 Å². The molecule has 0 amide bonds. The Morgan fingerprint density at radius 3 is 0.714 bits per heavy atom. The second-order valence-electron chi connectivity index (χ2n) is 0.271. The maximum absolute atomic E-state index is 2.49. The van der Waals surface area contributed by atoms with Gasteiger partial charge in [0.15, 0.2) is 0 Å². The van der Waals surface area contributed by atoms with Crippen LogP contribution in [0, 0.1) is 0 Å². The van der Waals surface area contributed by atoms with Crippen molar-refractivity contribution in [3.05, 3.63) is 0 Å². The molecular formula is I4K2Pd. The average Bonchev–Trinajstić information content (AvgIpc) is 0.722. The summed E-state index contributed by atoms with van der Waals surface area (Å²) in [5, 5.41) is 0. The van der Waals surface area contributed by atoms with Gasteiger partial charge in [0.25, 0.3) is 0 Å². The fourth-order valence-electron chi connectivity index (χ4n) is 0. The molecule has 40 valence electrons. The van der Waals surface area contributed by atoms with Crippen LogP contribution in [0.3, 0.4) is 0 Å². The summed E-state index contributed by atoms with van der Waals surface area (Å²) in [6.45, 7) is 0. The van der Waals surface area contributed by atoms with Crippen molar-refractivity contribution in [2.24, 2.45) is 0 Å². The Balaban J connectivity index is -0.0000000800. The van der Waals surface area contributed by atoms with Gasteiger partial charge in [-0.25, -0.2) is 0 Å². The van der Waals surface area contributed by atoms with E-state index in [2.05, 4.69) is 78.1 Å². The molecule has 7 heavy (non-hydrogen) atoms. The molecule has 0 aromatic heterocycles. The number of rotatable bonds is 0.